The van der Waals surface area contributed by atoms with Gasteiger partial charge < -0.3 is 32.8 Å². The van der Waals surface area contributed by atoms with Gasteiger partial charge in [-0.2, -0.15) is 0 Å². The fourth-order valence-electron chi connectivity index (χ4n) is 2.16. The third kappa shape index (κ3) is 15.7. The molecule has 1 aromatic rings. The van der Waals surface area contributed by atoms with Crippen LogP contribution in [0.15, 0.2) is 24.3 Å². The largest absolute Gasteiger partial charge is 0.480 e. The Morgan fingerprint density at radius 1 is 1.16 bits per heavy atom. The quantitative estimate of drug-likeness (QED) is 0.158. The van der Waals surface area contributed by atoms with Crippen molar-refractivity contribution in [2.75, 3.05) is 11.9 Å². The van der Waals surface area contributed by atoms with Gasteiger partial charge in [-0.25, -0.2) is 0 Å². The third-order valence-corrected chi connectivity index (χ3v) is 3.85. The molecular formula is C21H34N4O7. The molecule has 1 amide bonds. The summed E-state index contributed by atoms with van der Waals surface area (Å²) in [5.41, 5.74) is 11.8. The summed E-state index contributed by atoms with van der Waals surface area (Å²) < 4.78 is 4.08. The number of hydrogen-bond acceptors (Lipinski definition) is 9. The molecule has 32 heavy (non-hydrogen) atoms. The number of nitrogens with two attached hydrogens (primary N) is 2. The molecule has 9 N–H and O–H groups in total. The number of carboxylic acids is 1. The molecule has 0 unspecified atom stereocenters. The van der Waals surface area contributed by atoms with Crippen LogP contribution in [0.2, 0.25) is 0 Å². The molecule has 1 atom stereocenters. The number of rotatable bonds is 9. The average Bonchev–Trinajstić information content (AvgIpc) is 3.12. The number of ether oxygens (including phenoxy) is 1. The standard InChI is InChI=1S/C11H13NO2.C6H14N2O2.C4H4O3.H3N/c1-2-3-11(14)12-10-6-4-9(8-13)5-7-10;7-4-2-1-3-5(8)6(9)10;5-3-1-2-4(6)7-3;/h4-8H,2-3H2,1H3,(H,12,14);5H,1-4,7-8H2,(H,9,10);1-2H2;1H3/t;5-;;/m.0../s1. The van der Waals surface area contributed by atoms with E-state index >= 15 is 0 Å². The van der Waals surface area contributed by atoms with E-state index in [2.05, 4.69) is 10.1 Å². The topological polar surface area (TPSA) is 214 Å². The molecule has 0 spiro atoms. The van der Waals surface area contributed by atoms with Gasteiger partial charge >= 0.3 is 17.9 Å². The van der Waals surface area contributed by atoms with E-state index < -0.39 is 23.9 Å². The number of anilines is 1. The molecule has 1 aromatic carbocycles. The van der Waals surface area contributed by atoms with Crippen molar-refractivity contribution < 1.29 is 33.8 Å². The smallest absolute Gasteiger partial charge is 0.320 e. The molecule has 1 aliphatic heterocycles. The summed E-state index contributed by atoms with van der Waals surface area (Å²) >= 11 is 0. The lowest BCUT2D eigenvalue weighted by Crippen LogP contribution is -2.29. The number of esters is 2. The van der Waals surface area contributed by atoms with Gasteiger partial charge in [0.15, 0.2) is 0 Å². The number of hydrogen-bond donors (Lipinski definition) is 5. The second-order valence-corrected chi connectivity index (χ2v) is 6.61. The number of aliphatic carboxylic acids is 1. The number of unbranched alkanes of at least 4 members (excludes halogenated alkanes) is 1. The Hall–Kier alpha value is -3.15. The third-order valence-electron chi connectivity index (χ3n) is 3.85. The van der Waals surface area contributed by atoms with Crippen LogP contribution in [0.5, 0.6) is 0 Å². The Morgan fingerprint density at radius 3 is 2.09 bits per heavy atom. The number of carbonyl (C=O) groups is 5. The van der Waals surface area contributed by atoms with Gasteiger partial charge in [-0.3, -0.25) is 24.0 Å². The van der Waals surface area contributed by atoms with Crippen molar-refractivity contribution in [2.24, 2.45) is 11.5 Å². The molecule has 1 fully saturated rings. The second-order valence-electron chi connectivity index (χ2n) is 6.61. The summed E-state index contributed by atoms with van der Waals surface area (Å²) in [5.74, 6) is -1.72. The zero-order chi connectivity index (χ0) is 23.6. The van der Waals surface area contributed by atoms with Gasteiger partial charge in [0.1, 0.15) is 12.3 Å². The SMILES string of the molecule is CCCC(=O)Nc1ccc(C=O)cc1.N.NCCCC[C@H](N)C(=O)O.O=C1CCC(=O)O1. The number of carbonyl (C=O) groups excluding carboxylic acids is 4. The van der Waals surface area contributed by atoms with Crippen molar-refractivity contribution in [3.8, 4) is 0 Å². The highest BCUT2D eigenvalue weighted by atomic mass is 16.6. The summed E-state index contributed by atoms with van der Waals surface area (Å²) in [6.45, 7) is 2.56. The maximum atomic E-state index is 11.2. The highest BCUT2D eigenvalue weighted by Gasteiger charge is 2.19. The Morgan fingerprint density at radius 2 is 1.72 bits per heavy atom. The minimum Gasteiger partial charge on any atom is -0.480 e. The number of carboxylic acid groups (broad SMARTS) is 1. The fraction of sp³-hybridized carbons (Fsp3) is 0.476. The van der Waals surface area contributed by atoms with Crippen LogP contribution in [-0.2, 0) is 23.9 Å². The first-order valence-electron chi connectivity index (χ1n) is 10.0. The molecule has 0 aliphatic carbocycles. The van der Waals surface area contributed by atoms with Crippen LogP contribution in [0.1, 0.15) is 62.2 Å². The van der Waals surface area contributed by atoms with E-state index in [4.69, 9.17) is 16.6 Å². The summed E-state index contributed by atoms with van der Waals surface area (Å²) in [6, 6.07) is 6.07. The maximum absolute atomic E-state index is 11.2. The van der Waals surface area contributed by atoms with Gasteiger partial charge in [0.25, 0.3) is 0 Å². The molecule has 1 aliphatic rings. The Bertz CT molecular complexity index is 709. The molecule has 0 aromatic heterocycles. The summed E-state index contributed by atoms with van der Waals surface area (Å²) in [5, 5.41) is 11.1. The lowest BCUT2D eigenvalue weighted by molar-refractivity contribution is -0.152. The number of aldehydes is 1. The monoisotopic (exact) mass is 454 g/mol. The van der Waals surface area contributed by atoms with Gasteiger partial charge in [-0.05, 0) is 50.1 Å². The second kappa shape index (κ2) is 18.6. The minimum absolute atomic E-state index is 0. The minimum atomic E-state index is -0.933. The van der Waals surface area contributed by atoms with Crippen LogP contribution in [0.4, 0.5) is 5.69 Å². The molecule has 2 rings (SSSR count). The van der Waals surface area contributed by atoms with E-state index in [0.717, 1.165) is 31.2 Å². The Labute approximate surface area is 187 Å². The van der Waals surface area contributed by atoms with Crippen LogP contribution in [0.3, 0.4) is 0 Å². The maximum Gasteiger partial charge on any atom is 0.320 e. The van der Waals surface area contributed by atoms with Crippen molar-refractivity contribution in [1.82, 2.24) is 6.15 Å². The normalized spacial score (nSPS) is 12.6. The molecule has 0 radical (unpaired) electrons. The van der Waals surface area contributed by atoms with Crippen molar-refractivity contribution >= 4 is 35.8 Å². The first-order valence-corrected chi connectivity index (χ1v) is 10.0. The summed E-state index contributed by atoms with van der Waals surface area (Å²) in [4.78, 5) is 51.7. The number of nitrogens with one attached hydrogen (secondary N) is 1. The van der Waals surface area contributed by atoms with E-state index in [1.807, 2.05) is 6.92 Å². The van der Waals surface area contributed by atoms with Crippen LogP contribution in [0, 0.1) is 0 Å². The Balaban J connectivity index is 0. The molecule has 180 valence electrons. The van der Waals surface area contributed by atoms with Gasteiger partial charge in [-0.1, -0.05) is 13.3 Å². The fourth-order valence-corrected chi connectivity index (χ4v) is 2.16. The van der Waals surface area contributed by atoms with E-state index in [0.29, 0.717) is 24.9 Å². The number of amides is 1. The van der Waals surface area contributed by atoms with E-state index in [-0.39, 0.29) is 24.9 Å². The number of cyclic esters (lactones) is 2. The summed E-state index contributed by atoms with van der Waals surface area (Å²) in [7, 11) is 0. The molecule has 1 heterocycles. The van der Waals surface area contributed by atoms with Crippen molar-refractivity contribution in [1.29, 1.82) is 0 Å². The van der Waals surface area contributed by atoms with E-state index in [9.17, 15) is 24.0 Å². The zero-order valence-electron chi connectivity index (χ0n) is 18.4. The zero-order valence-corrected chi connectivity index (χ0v) is 18.4. The van der Waals surface area contributed by atoms with Gasteiger partial charge in [-0.15, -0.1) is 0 Å². The highest BCUT2D eigenvalue weighted by molar-refractivity contribution is 5.92. The van der Waals surface area contributed by atoms with Gasteiger partial charge in [0.2, 0.25) is 5.91 Å². The van der Waals surface area contributed by atoms with E-state index in [1.165, 1.54) is 0 Å². The van der Waals surface area contributed by atoms with Crippen LogP contribution >= 0.6 is 0 Å². The predicted molar refractivity (Wildman–Crippen MR) is 119 cm³/mol. The first kappa shape index (κ1) is 31.0. The number of benzene rings is 1. The molecule has 11 nitrogen and oxygen atoms in total. The van der Waals surface area contributed by atoms with Gasteiger partial charge in [0.05, 0.1) is 12.8 Å². The van der Waals surface area contributed by atoms with Crippen LogP contribution < -0.4 is 22.9 Å². The highest BCUT2D eigenvalue weighted by Crippen LogP contribution is 2.08. The molecule has 0 saturated carbocycles. The Kier molecular flexibility index (Phi) is 18.0. The molecule has 11 heteroatoms. The van der Waals surface area contributed by atoms with Crippen molar-refractivity contribution in [2.45, 2.75) is 57.9 Å². The van der Waals surface area contributed by atoms with Gasteiger partial charge in [0, 0.05) is 17.7 Å². The predicted octanol–water partition coefficient (Wildman–Crippen LogP) is 1.78. The first-order chi connectivity index (χ1) is 14.7. The van der Waals surface area contributed by atoms with Crippen molar-refractivity contribution in [3.63, 3.8) is 0 Å². The molecular weight excluding hydrogens is 420 g/mol. The lowest BCUT2D eigenvalue weighted by atomic mass is 10.1. The lowest BCUT2D eigenvalue weighted by Gasteiger charge is -2.03. The van der Waals surface area contributed by atoms with Crippen LogP contribution in [0.25, 0.3) is 0 Å². The van der Waals surface area contributed by atoms with E-state index in [1.54, 1.807) is 24.3 Å². The molecule has 0 bridgehead atoms. The van der Waals surface area contributed by atoms with Crippen molar-refractivity contribution in [3.05, 3.63) is 29.8 Å². The molecule has 1 saturated heterocycles. The van der Waals surface area contributed by atoms with Crippen LogP contribution in [-0.4, -0.2) is 47.8 Å². The average molecular weight is 455 g/mol. The summed E-state index contributed by atoms with van der Waals surface area (Å²) in [6.07, 6.45) is 4.82.